The summed E-state index contributed by atoms with van der Waals surface area (Å²) in [5.74, 6) is 0.0698. The topological polar surface area (TPSA) is 41.1 Å². The highest BCUT2D eigenvalue weighted by Gasteiger charge is 2.25. The highest BCUT2D eigenvalue weighted by Crippen LogP contribution is 2.28. The Morgan fingerprint density at radius 1 is 1.05 bits per heavy atom. The zero-order chi connectivity index (χ0) is 14.7. The van der Waals surface area contributed by atoms with Crippen molar-refractivity contribution in [1.29, 1.82) is 0 Å². The molecule has 2 aromatic rings. The minimum atomic E-state index is -0.240. The summed E-state index contributed by atoms with van der Waals surface area (Å²) in [4.78, 5) is 12.1. The number of carbonyl (C=O) groups is 1. The first kappa shape index (κ1) is 13.7. The third-order valence-corrected chi connectivity index (χ3v) is 3.70. The number of hydrogen-bond acceptors (Lipinski definition) is 2. The van der Waals surface area contributed by atoms with E-state index >= 15 is 0 Å². The van der Waals surface area contributed by atoms with E-state index in [4.69, 9.17) is 0 Å². The second-order valence-electron chi connectivity index (χ2n) is 5.56. The number of hydrogen-bond donors (Lipinski definition) is 2. The van der Waals surface area contributed by atoms with Crippen LogP contribution in [0.3, 0.4) is 0 Å². The lowest BCUT2D eigenvalue weighted by Crippen LogP contribution is -2.38. The van der Waals surface area contributed by atoms with E-state index in [-0.39, 0.29) is 11.9 Å². The van der Waals surface area contributed by atoms with Gasteiger partial charge in [0.25, 0.3) is 0 Å². The standard InChI is InChI=1S/C18H20N2O/c1-13(18(21)20-15-11-12-15)19-17-10-6-5-9-16(17)14-7-3-2-4-8-14/h2-10,13,15,19H,11-12H2,1H3,(H,20,21). The Morgan fingerprint density at radius 3 is 2.43 bits per heavy atom. The molecule has 0 radical (unpaired) electrons. The van der Waals surface area contributed by atoms with Gasteiger partial charge in [-0.3, -0.25) is 4.79 Å². The Labute approximate surface area is 125 Å². The summed E-state index contributed by atoms with van der Waals surface area (Å²) in [5.41, 5.74) is 3.25. The van der Waals surface area contributed by atoms with Crippen LogP contribution in [0.1, 0.15) is 19.8 Å². The van der Waals surface area contributed by atoms with Crippen LogP contribution in [0.5, 0.6) is 0 Å². The Kier molecular flexibility index (Phi) is 3.91. The lowest BCUT2D eigenvalue weighted by atomic mass is 10.0. The molecule has 1 amide bonds. The van der Waals surface area contributed by atoms with E-state index in [0.29, 0.717) is 6.04 Å². The van der Waals surface area contributed by atoms with Crippen molar-refractivity contribution in [3.63, 3.8) is 0 Å². The molecule has 2 aromatic carbocycles. The van der Waals surface area contributed by atoms with E-state index in [1.165, 1.54) is 0 Å². The summed E-state index contributed by atoms with van der Waals surface area (Å²) in [6, 6.07) is 18.5. The number of para-hydroxylation sites is 1. The molecule has 21 heavy (non-hydrogen) atoms. The fourth-order valence-electron chi connectivity index (χ4n) is 2.33. The van der Waals surface area contributed by atoms with Crippen molar-refractivity contribution in [2.24, 2.45) is 0 Å². The van der Waals surface area contributed by atoms with E-state index in [1.807, 2.05) is 43.3 Å². The van der Waals surface area contributed by atoms with Crippen LogP contribution in [0.4, 0.5) is 5.69 Å². The predicted molar refractivity (Wildman–Crippen MR) is 86.1 cm³/mol. The maximum atomic E-state index is 12.1. The highest BCUT2D eigenvalue weighted by atomic mass is 16.2. The first-order valence-electron chi connectivity index (χ1n) is 7.45. The third kappa shape index (κ3) is 3.43. The molecular formula is C18H20N2O. The average molecular weight is 280 g/mol. The van der Waals surface area contributed by atoms with Crippen LogP contribution in [0.2, 0.25) is 0 Å². The minimum absolute atomic E-state index is 0.0698. The van der Waals surface area contributed by atoms with Gasteiger partial charge in [0.2, 0.25) is 5.91 Å². The Bertz CT molecular complexity index is 620. The van der Waals surface area contributed by atoms with Crippen molar-refractivity contribution in [3.05, 3.63) is 54.6 Å². The first-order valence-corrected chi connectivity index (χ1v) is 7.45. The van der Waals surface area contributed by atoms with Crippen LogP contribution in [0, 0.1) is 0 Å². The molecule has 0 heterocycles. The van der Waals surface area contributed by atoms with E-state index in [2.05, 4.69) is 28.8 Å². The monoisotopic (exact) mass is 280 g/mol. The van der Waals surface area contributed by atoms with E-state index in [9.17, 15) is 4.79 Å². The second-order valence-corrected chi connectivity index (χ2v) is 5.56. The summed E-state index contributed by atoms with van der Waals surface area (Å²) in [6.07, 6.45) is 2.22. The van der Waals surface area contributed by atoms with Crippen LogP contribution < -0.4 is 10.6 Å². The number of carbonyl (C=O) groups excluding carboxylic acids is 1. The smallest absolute Gasteiger partial charge is 0.242 e. The molecule has 108 valence electrons. The van der Waals surface area contributed by atoms with Gasteiger partial charge in [0.1, 0.15) is 6.04 Å². The lowest BCUT2D eigenvalue weighted by Gasteiger charge is -2.18. The van der Waals surface area contributed by atoms with Gasteiger partial charge in [0, 0.05) is 17.3 Å². The Balaban J connectivity index is 1.77. The van der Waals surface area contributed by atoms with E-state index in [1.54, 1.807) is 0 Å². The molecule has 3 rings (SSSR count). The SMILES string of the molecule is CC(Nc1ccccc1-c1ccccc1)C(=O)NC1CC1. The number of amides is 1. The van der Waals surface area contributed by atoms with E-state index < -0.39 is 0 Å². The van der Waals surface area contributed by atoms with Crippen molar-refractivity contribution in [3.8, 4) is 11.1 Å². The molecule has 2 N–H and O–H groups in total. The molecule has 1 aliphatic rings. The fraction of sp³-hybridized carbons (Fsp3) is 0.278. The fourth-order valence-corrected chi connectivity index (χ4v) is 2.33. The lowest BCUT2D eigenvalue weighted by molar-refractivity contribution is -0.121. The van der Waals surface area contributed by atoms with Crippen molar-refractivity contribution >= 4 is 11.6 Å². The molecule has 0 bridgehead atoms. The summed E-state index contributed by atoms with van der Waals surface area (Å²) >= 11 is 0. The summed E-state index contributed by atoms with van der Waals surface area (Å²) < 4.78 is 0. The summed E-state index contributed by atoms with van der Waals surface area (Å²) in [5, 5.41) is 6.36. The maximum absolute atomic E-state index is 12.1. The largest absolute Gasteiger partial charge is 0.373 e. The molecule has 1 atom stereocenters. The third-order valence-electron chi connectivity index (χ3n) is 3.70. The van der Waals surface area contributed by atoms with Gasteiger partial charge in [0.15, 0.2) is 0 Å². The quantitative estimate of drug-likeness (QED) is 0.881. The molecule has 0 saturated heterocycles. The average Bonchev–Trinajstić information content (AvgIpc) is 3.32. The summed E-state index contributed by atoms with van der Waals surface area (Å²) in [6.45, 7) is 1.90. The number of nitrogens with one attached hydrogen (secondary N) is 2. The molecule has 0 spiro atoms. The van der Waals surface area contributed by atoms with Crippen LogP contribution in [0.15, 0.2) is 54.6 Å². The van der Waals surface area contributed by atoms with Gasteiger partial charge in [-0.15, -0.1) is 0 Å². The van der Waals surface area contributed by atoms with Crippen molar-refractivity contribution in [1.82, 2.24) is 5.32 Å². The minimum Gasteiger partial charge on any atom is -0.373 e. The van der Waals surface area contributed by atoms with Gasteiger partial charge in [-0.05, 0) is 31.4 Å². The molecule has 3 heteroatoms. The second kappa shape index (κ2) is 6.00. The van der Waals surface area contributed by atoms with Crippen LogP contribution >= 0.6 is 0 Å². The number of anilines is 1. The normalized spacial score (nSPS) is 15.3. The number of benzene rings is 2. The maximum Gasteiger partial charge on any atom is 0.242 e. The predicted octanol–water partition coefficient (Wildman–Crippen LogP) is 3.43. The zero-order valence-electron chi connectivity index (χ0n) is 12.2. The van der Waals surface area contributed by atoms with Crippen LogP contribution in [-0.2, 0) is 4.79 Å². The van der Waals surface area contributed by atoms with Gasteiger partial charge in [0.05, 0.1) is 0 Å². The molecule has 1 fully saturated rings. The van der Waals surface area contributed by atoms with Gasteiger partial charge < -0.3 is 10.6 Å². The summed E-state index contributed by atoms with van der Waals surface area (Å²) in [7, 11) is 0. The van der Waals surface area contributed by atoms with Crippen molar-refractivity contribution < 1.29 is 4.79 Å². The molecule has 3 nitrogen and oxygen atoms in total. The Morgan fingerprint density at radius 2 is 1.71 bits per heavy atom. The highest BCUT2D eigenvalue weighted by molar-refractivity contribution is 5.87. The van der Waals surface area contributed by atoms with Crippen molar-refractivity contribution in [2.45, 2.75) is 31.8 Å². The molecule has 1 aliphatic carbocycles. The van der Waals surface area contributed by atoms with Crippen LogP contribution in [-0.4, -0.2) is 18.0 Å². The van der Waals surface area contributed by atoms with Gasteiger partial charge in [-0.2, -0.15) is 0 Å². The van der Waals surface area contributed by atoms with Gasteiger partial charge in [-0.1, -0.05) is 48.5 Å². The number of rotatable bonds is 5. The van der Waals surface area contributed by atoms with Crippen LogP contribution in [0.25, 0.3) is 11.1 Å². The van der Waals surface area contributed by atoms with Gasteiger partial charge in [-0.25, -0.2) is 0 Å². The zero-order valence-corrected chi connectivity index (χ0v) is 12.2. The molecular weight excluding hydrogens is 260 g/mol. The molecule has 1 saturated carbocycles. The Hall–Kier alpha value is -2.29. The van der Waals surface area contributed by atoms with E-state index in [0.717, 1.165) is 29.7 Å². The molecule has 0 aromatic heterocycles. The first-order chi connectivity index (χ1) is 10.2. The molecule has 1 unspecified atom stereocenters. The molecule has 0 aliphatic heterocycles. The van der Waals surface area contributed by atoms with Crippen molar-refractivity contribution in [2.75, 3.05) is 5.32 Å². The van der Waals surface area contributed by atoms with Gasteiger partial charge >= 0.3 is 0 Å².